The molecule has 1 rings (SSSR count). The number of aldehydes is 1. The summed E-state index contributed by atoms with van der Waals surface area (Å²) in [6.07, 6.45) is 9.57. The van der Waals surface area contributed by atoms with Gasteiger partial charge in [0, 0.05) is 18.0 Å². The third-order valence-corrected chi connectivity index (χ3v) is 5.05. The van der Waals surface area contributed by atoms with Crippen LogP contribution >= 0.6 is 0 Å². The van der Waals surface area contributed by atoms with Crippen LogP contribution in [0.3, 0.4) is 0 Å². The summed E-state index contributed by atoms with van der Waals surface area (Å²) in [6.45, 7) is 11.2. The number of unbranched alkanes of at least 4 members (excludes halogenated alkanes) is 1. The SMILES string of the molecule is CCCCN(CC1(C=O)CCC(C)CC1)C(C)CC. The van der Waals surface area contributed by atoms with Crippen LogP contribution < -0.4 is 0 Å². The molecule has 0 aromatic carbocycles. The lowest BCUT2D eigenvalue weighted by molar-refractivity contribution is -0.120. The quantitative estimate of drug-likeness (QED) is 0.612. The van der Waals surface area contributed by atoms with Gasteiger partial charge in [0.05, 0.1) is 0 Å². The Bertz CT molecular complexity index is 256. The van der Waals surface area contributed by atoms with Crippen molar-refractivity contribution in [2.24, 2.45) is 11.3 Å². The molecule has 0 saturated heterocycles. The van der Waals surface area contributed by atoms with Gasteiger partial charge in [-0.25, -0.2) is 0 Å². The molecule has 0 N–H and O–H groups in total. The molecule has 1 unspecified atom stereocenters. The molecule has 1 aliphatic rings. The topological polar surface area (TPSA) is 20.3 Å². The third-order valence-electron chi connectivity index (χ3n) is 5.05. The van der Waals surface area contributed by atoms with E-state index in [0.29, 0.717) is 6.04 Å². The van der Waals surface area contributed by atoms with Crippen LogP contribution in [-0.2, 0) is 4.79 Å². The largest absolute Gasteiger partial charge is 0.303 e. The molecular formula is C17H33NO. The summed E-state index contributed by atoms with van der Waals surface area (Å²) in [7, 11) is 0. The maximum atomic E-state index is 11.7. The van der Waals surface area contributed by atoms with Gasteiger partial charge in [0.15, 0.2) is 0 Å². The Morgan fingerprint density at radius 2 is 1.95 bits per heavy atom. The molecule has 1 saturated carbocycles. The molecule has 1 aliphatic carbocycles. The Morgan fingerprint density at radius 1 is 1.32 bits per heavy atom. The van der Waals surface area contributed by atoms with E-state index in [0.717, 1.165) is 31.8 Å². The van der Waals surface area contributed by atoms with E-state index in [4.69, 9.17) is 0 Å². The van der Waals surface area contributed by atoms with Crippen molar-refractivity contribution < 1.29 is 4.79 Å². The molecule has 0 bridgehead atoms. The van der Waals surface area contributed by atoms with Crippen LogP contribution in [0.15, 0.2) is 0 Å². The Balaban J connectivity index is 2.65. The Kier molecular flexibility index (Phi) is 7.06. The maximum Gasteiger partial charge on any atom is 0.127 e. The van der Waals surface area contributed by atoms with Gasteiger partial charge in [0.2, 0.25) is 0 Å². The number of hydrogen-bond donors (Lipinski definition) is 0. The molecule has 1 fully saturated rings. The highest BCUT2D eigenvalue weighted by Gasteiger charge is 2.36. The van der Waals surface area contributed by atoms with E-state index in [1.807, 2.05) is 0 Å². The second-order valence-electron chi connectivity index (χ2n) is 6.74. The fraction of sp³-hybridized carbons (Fsp3) is 0.941. The third kappa shape index (κ3) is 4.91. The number of hydrogen-bond acceptors (Lipinski definition) is 2. The van der Waals surface area contributed by atoms with Crippen LogP contribution in [0, 0.1) is 11.3 Å². The zero-order valence-corrected chi connectivity index (χ0v) is 13.5. The van der Waals surface area contributed by atoms with E-state index in [1.165, 1.54) is 38.4 Å². The van der Waals surface area contributed by atoms with Gasteiger partial charge in [0.25, 0.3) is 0 Å². The normalized spacial score (nSPS) is 29.4. The summed E-state index contributed by atoms with van der Waals surface area (Å²) in [4.78, 5) is 14.2. The van der Waals surface area contributed by atoms with Gasteiger partial charge in [-0.1, -0.05) is 27.2 Å². The monoisotopic (exact) mass is 267 g/mol. The van der Waals surface area contributed by atoms with Crippen LogP contribution in [-0.4, -0.2) is 30.3 Å². The highest BCUT2D eigenvalue weighted by molar-refractivity contribution is 5.60. The van der Waals surface area contributed by atoms with Crippen LogP contribution in [0.25, 0.3) is 0 Å². The van der Waals surface area contributed by atoms with Crippen LogP contribution in [0.2, 0.25) is 0 Å². The smallest absolute Gasteiger partial charge is 0.127 e. The maximum absolute atomic E-state index is 11.7. The van der Waals surface area contributed by atoms with Gasteiger partial charge in [-0.3, -0.25) is 4.90 Å². The molecule has 0 aromatic rings. The van der Waals surface area contributed by atoms with Crippen LogP contribution in [0.4, 0.5) is 0 Å². The summed E-state index contributed by atoms with van der Waals surface area (Å²) < 4.78 is 0. The fourth-order valence-electron chi connectivity index (χ4n) is 3.13. The zero-order valence-electron chi connectivity index (χ0n) is 13.5. The summed E-state index contributed by atoms with van der Waals surface area (Å²) in [5.41, 5.74) is -0.0519. The Labute approximate surface area is 119 Å². The van der Waals surface area contributed by atoms with E-state index < -0.39 is 0 Å². The van der Waals surface area contributed by atoms with Gasteiger partial charge < -0.3 is 4.79 Å². The van der Waals surface area contributed by atoms with Crippen molar-refractivity contribution in [3.05, 3.63) is 0 Å². The van der Waals surface area contributed by atoms with Gasteiger partial charge in [0.1, 0.15) is 6.29 Å². The van der Waals surface area contributed by atoms with Crippen molar-refractivity contribution in [1.29, 1.82) is 0 Å². The minimum Gasteiger partial charge on any atom is -0.303 e. The van der Waals surface area contributed by atoms with E-state index in [9.17, 15) is 4.79 Å². The zero-order chi connectivity index (χ0) is 14.3. The van der Waals surface area contributed by atoms with Gasteiger partial charge in [-0.2, -0.15) is 0 Å². The lowest BCUT2D eigenvalue weighted by Gasteiger charge is -2.41. The van der Waals surface area contributed by atoms with E-state index in [-0.39, 0.29) is 5.41 Å². The molecule has 2 heteroatoms. The first-order valence-electron chi connectivity index (χ1n) is 8.27. The van der Waals surface area contributed by atoms with Crippen molar-refractivity contribution in [3.8, 4) is 0 Å². The van der Waals surface area contributed by atoms with Crippen molar-refractivity contribution in [2.75, 3.05) is 13.1 Å². The lowest BCUT2D eigenvalue weighted by atomic mass is 9.71. The van der Waals surface area contributed by atoms with Gasteiger partial charge in [-0.05, 0) is 57.9 Å². The number of rotatable bonds is 8. The van der Waals surface area contributed by atoms with Gasteiger partial charge in [-0.15, -0.1) is 0 Å². The van der Waals surface area contributed by atoms with Gasteiger partial charge >= 0.3 is 0 Å². The first-order valence-corrected chi connectivity index (χ1v) is 8.27. The van der Waals surface area contributed by atoms with E-state index in [1.54, 1.807) is 0 Å². The number of nitrogens with zero attached hydrogens (tertiary/aromatic N) is 1. The summed E-state index contributed by atoms with van der Waals surface area (Å²) in [5.74, 6) is 0.806. The molecule has 0 aromatic heterocycles. The highest BCUT2D eigenvalue weighted by Crippen LogP contribution is 2.38. The van der Waals surface area contributed by atoms with Crippen molar-refractivity contribution >= 4 is 6.29 Å². The average Bonchev–Trinajstić information content (AvgIpc) is 2.45. The molecule has 1 atom stereocenters. The van der Waals surface area contributed by atoms with Crippen LogP contribution in [0.5, 0.6) is 0 Å². The van der Waals surface area contributed by atoms with Crippen molar-refractivity contribution in [3.63, 3.8) is 0 Å². The van der Waals surface area contributed by atoms with Crippen LogP contribution in [0.1, 0.15) is 72.6 Å². The number of carbonyl (C=O) groups is 1. The van der Waals surface area contributed by atoms with Crippen molar-refractivity contribution in [2.45, 2.75) is 78.7 Å². The standard InChI is InChI=1S/C17H33NO/c1-5-7-12-18(16(4)6-2)13-17(14-19)10-8-15(3)9-11-17/h14-16H,5-13H2,1-4H3. The minimum atomic E-state index is -0.0519. The molecule has 0 amide bonds. The first kappa shape index (κ1) is 16.7. The number of carbonyl (C=O) groups excluding carboxylic acids is 1. The molecular weight excluding hydrogens is 234 g/mol. The summed E-state index contributed by atoms with van der Waals surface area (Å²) in [5, 5.41) is 0. The lowest BCUT2D eigenvalue weighted by Crippen LogP contribution is -2.45. The predicted octanol–water partition coefficient (Wildman–Crippen LogP) is 4.28. The second-order valence-corrected chi connectivity index (χ2v) is 6.74. The molecule has 2 nitrogen and oxygen atoms in total. The Hall–Kier alpha value is -0.370. The predicted molar refractivity (Wildman–Crippen MR) is 82.4 cm³/mol. The second kappa shape index (κ2) is 8.04. The fourth-order valence-corrected chi connectivity index (χ4v) is 3.13. The summed E-state index contributed by atoms with van der Waals surface area (Å²) >= 11 is 0. The molecule has 0 spiro atoms. The summed E-state index contributed by atoms with van der Waals surface area (Å²) in [6, 6.07) is 0.600. The molecule has 112 valence electrons. The molecule has 0 heterocycles. The van der Waals surface area contributed by atoms with Crippen molar-refractivity contribution in [1.82, 2.24) is 4.90 Å². The minimum absolute atomic E-state index is 0.0519. The first-order chi connectivity index (χ1) is 9.06. The highest BCUT2D eigenvalue weighted by atomic mass is 16.1. The molecule has 0 aliphatic heterocycles. The van der Waals surface area contributed by atoms with E-state index in [2.05, 4.69) is 32.6 Å². The molecule has 19 heavy (non-hydrogen) atoms. The van der Waals surface area contributed by atoms with E-state index >= 15 is 0 Å². The average molecular weight is 267 g/mol. The Morgan fingerprint density at radius 3 is 2.42 bits per heavy atom. The molecule has 0 radical (unpaired) electrons.